The zero-order valence-corrected chi connectivity index (χ0v) is 13.7. The van der Waals surface area contributed by atoms with Crippen LogP contribution < -0.4 is 16.0 Å². The Hall–Kier alpha value is -1.75. The number of hydrogen-bond acceptors (Lipinski definition) is 4. The SMILES string of the molecule is CC(C)(C)OC(=O)NCc1ccccc1NCC1CCCN1. The van der Waals surface area contributed by atoms with Crippen LogP contribution in [-0.2, 0) is 11.3 Å². The molecule has 1 heterocycles. The molecule has 0 bridgehead atoms. The number of alkyl carbamates (subject to hydrolysis) is 1. The molecule has 1 amide bonds. The van der Waals surface area contributed by atoms with Crippen molar-refractivity contribution in [1.29, 1.82) is 0 Å². The van der Waals surface area contributed by atoms with Gasteiger partial charge in [0.05, 0.1) is 0 Å². The van der Waals surface area contributed by atoms with Gasteiger partial charge >= 0.3 is 6.09 Å². The molecule has 0 saturated carbocycles. The van der Waals surface area contributed by atoms with Crippen LogP contribution in [0.3, 0.4) is 0 Å². The summed E-state index contributed by atoms with van der Waals surface area (Å²) in [6.07, 6.45) is 2.07. The maximum absolute atomic E-state index is 11.7. The lowest BCUT2D eigenvalue weighted by Crippen LogP contribution is -2.32. The van der Waals surface area contributed by atoms with E-state index in [1.54, 1.807) is 0 Å². The molecule has 1 aromatic carbocycles. The molecule has 3 N–H and O–H groups in total. The number of hydrogen-bond donors (Lipinski definition) is 3. The summed E-state index contributed by atoms with van der Waals surface area (Å²) in [6.45, 7) is 8.04. The molecule has 0 aromatic heterocycles. The maximum atomic E-state index is 11.7. The minimum atomic E-state index is -0.476. The summed E-state index contributed by atoms with van der Waals surface area (Å²) in [4.78, 5) is 11.7. The Morgan fingerprint density at radius 3 is 2.82 bits per heavy atom. The monoisotopic (exact) mass is 305 g/mol. The number of para-hydroxylation sites is 1. The average molecular weight is 305 g/mol. The Balaban J connectivity index is 1.86. The Morgan fingerprint density at radius 1 is 1.36 bits per heavy atom. The topological polar surface area (TPSA) is 62.4 Å². The van der Waals surface area contributed by atoms with E-state index in [-0.39, 0.29) is 6.09 Å². The normalized spacial score (nSPS) is 18.0. The Kier molecular flexibility index (Phi) is 5.66. The van der Waals surface area contributed by atoms with Crippen LogP contribution in [0.4, 0.5) is 10.5 Å². The zero-order valence-electron chi connectivity index (χ0n) is 13.7. The first-order valence-corrected chi connectivity index (χ1v) is 7.96. The molecule has 1 aliphatic rings. The summed E-state index contributed by atoms with van der Waals surface area (Å²) in [5, 5.41) is 9.75. The summed E-state index contributed by atoms with van der Waals surface area (Å²) in [7, 11) is 0. The number of carbonyl (C=O) groups excluding carboxylic acids is 1. The fourth-order valence-corrected chi connectivity index (χ4v) is 2.49. The van der Waals surface area contributed by atoms with Crippen LogP contribution in [0.15, 0.2) is 24.3 Å². The van der Waals surface area contributed by atoms with Crippen molar-refractivity contribution in [1.82, 2.24) is 10.6 Å². The van der Waals surface area contributed by atoms with Gasteiger partial charge in [-0.2, -0.15) is 0 Å². The van der Waals surface area contributed by atoms with Crippen molar-refractivity contribution in [3.05, 3.63) is 29.8 Å². The number of amides is 1. The fraction of sp³-hybridized carbons (Fsp3) is 0.588. The van der Waals surface area contributed by atoms with E-state index >= 15 is 0 Å². The van der Waals surface area contributed by atoms with Gasteiger partial charge in [0.15, 0.2) is 0 Å². The van der Waals surface area contributed by atoms with Crippen LogP contribution in [0.5, 0.6) is 0 Å². The van der Waals surface area contributed by atoms with Gasteiger partial charge in [0.1, 0.15) is 5.60 Å². The van der Waals surface area contributed by atoms with Gasteiger partial charge in [0, 0.05) is 24.8 Å². The lowest BCUT2D eigenvalue weighted by molar-refractivity contribution is 0.0523. The summed E-state index contributed by atoms with van der Waals surface area (Å²) in [5.41, 5.74) is 1.65. The molecule has 0 spiro atoms. The third-order valence-corrected chi connectivity index (χ3v) is 3.54. The molecule has 22 heavy (non-hydrogen) atoms. The third-order valence-electron chi connectivity index (χ3n) is 3.54. The minimum Gasteiger partial charge on any atom is -0.444 e. The molecule has 0 aliphatic carbocycles. The maximum Gasteiger partial charge on any atom is 0.407 e. The van der Waals surface area contributed by atoms with Gasteiger partial charge < -0.3 is 20.7 Å². The zero-order chi connectivity index (χ0) is 16.0. The summed E-state index contributed by atoms with van der Waals surface area (Å²) < 4.78 is 5.26. The van der Waals surface area contributed by atoms with Crippen molar-refractivity contribution in [2.24, 2.45) is 0 Å². The van der Waals surface area contributed by atoms with E-state index in [0.717, 1.165) is 24.3 Å². The van der Waals surface area contributed by atoms with E-state index in [4.69, 9.17) is 4.74 Å². The highest BCUT2D eigenvalue weighted by atomic mass is 16.6. The van der Waals surface area contributed by atoms with Gasteiger partial charge in [-0.05, 0) is 51.8 Å². The molecule has 1 fully saturated rings. The number of nitrogens with one attached hydrogen (secondary N) is 3. The quantitative estimate of drug-likeness (QED) is 0.783. The van der Waals surface area contributed by atoms with Crippen molar-refractivity contribution < 1.29 is 9.53 Å². The minimum absolute atomic E-state index is 0.389. The smallest absolute Gasteiger partial charge is 0.407 e. The van der Waals surface area contributed by atoms with Crippen LogP contribution in [0.1, 0.15) is 39.2 Å². The lowest BCUT2D eigenvalue weighted by atomic mass is 10.1. The molecule has 2 rings (SSSR count). The van der Waals surface area contributed by atoms with Crippen molar-refractivity contribution in [2.45, 2.75) is 51.8 Å². The number of carbonyl (C=O) groups is 1. The van der Waals surface area contributed by atoms with Crippen LogP contribution in [-0.4, -0.2) is 30.8 Å². The van der Waals surface area contributed by atoms with E-state index in [9.17, 15) is 4.79 Å². The summed E-state index contributed by atoms with van der Waals surface area (Å²) in [5.74, 6) is 0. The van der Waals surface area contributed by atoms with Crippen molar-refractivity contribution >= 4 is 11.8 Å². The number of anilines is 1. The highest BCUT2D eigenvalue weighted by Gasteiger charge is 2.17. The van der Waals surface area contributed by atoms with Crippen molar-refractivity contribution in [3.63, 3.8) is 0 Å². The Labute approximate surface area is 132 Å². The fourth-order valence-electron chi connectivity index (χ4n) is 2.49. The van der Waals surface area contributed by atoms with Gasteiger partial charge in [-0.15, -0.1) is 0 Å². The largest absolute Gasteiger partial charge is 0.444 e. The Morgan fingerprint density at radius 2 is 2.14 bits per heavy atom. The third kappa shape index (κ3) is 5.56. The second-order valence-electron chi connectivity index (χ2n) is 6.69. The average Bonchev–Trinajstić information content (AvgIpc) is 2.95. The van der Waals surface area contributed by atoms with E-state index < -0.39 is 5.60 Å². The highest BCUT2D eigenvalue weighted by Crippen LogP contribution is 2.16. The van der Waals surface area contributed by atoms with Gasteiger partial charge in [-0.25, -0.2) is 4.79 Å². The van der Waals surface area contributed by atoms with Gasteiger partial charge in [-0.1, -0.05) is 18.2 Å². The predicted molar refractivity (Wildman–Crippen MR) is 89.0 cm³/mol. The van der Waals surface area contributed by atoms with Gasteiger partial charge in [-0.3, -0.25) is 0 Å². The predicted octanol–water partition coefficient (Wildman–Crippen LogP) is 2.88. The van der Waals surface area contributed by atoms with E-state index in [0.29, 0.717) is 12.6 Å². The standard InChI is InChI=1S/C17H27N3O2/c1-17(2,3)22-16(21)20-11-13-7-4-5-9-15(13)19-12-14-8-6-10-18-14/h4-5,7,9,14,18-19H,6,8,10-12H2,1-3H3,(H,20,21). The van der Waals surface area contributed by atoms with Crippen molar-refractivity contribution in [3.8, 4) is 0 Å². The molecule has 1 aliphatic heterocycles. The second kappa shape index (κ2) is 7.49. The highest BCUT2D eigenvalue weighted by molar-refractivity contribution is 5.68. The molecule has 5 heteroatoms. The molecule has 1 unspecified atom stereocenters. The first kappa shape index (κ1) is 16.6. The number of benzene rings is 1. The van der Waals surface area contributed by atoms with E-state index in [1.807, 2.05) is 45.0 Å². The van der Waals surface area contributed by atoms with Crippen LogP contribution >= 0.6 is 0 Å². The van der Waals surface area contributed by atoms with E-state index in [1.165, 1.54) is 12.8 Å². The molecule has 1 aromatic rings. The first-order chi connectivity index (χ1) is 10.4. The second-order valence-corrected chi connectivity index (χ2v) is 6.69. The summed E-state index contributed by atoms with van der Waals surface area (Å²) >= 11 is 0. The van der Waals surface area contributed by atoms with Crippen molar-refractivity contribution in [2.75, 3.05) is 18.4 Å². The summed E-state index contributed by atoms with van der Waals surface area (Å²) in [6, 6.07) is 8.57. The Bertz CT molecular complexity index is 491. The molecule has 1 atom stereocenters. The molecule has 1 saturated heterocycles. The first-order valence-electron chi connectivity index (χ1n) is 7.96. The van der Waals surface area contributed by atoms with Crippen LogP contribution in [0, 0.1) is 0 Å². The van der Waals surface area contributed by atoms with Crippen LogP contribution in [0.2, 0.25) is 0 Å². The van der Waals surface area contributed by atoms with Gasteiger partial charge in [0.2, 0.25) is 0 Å². The molecular formula is C17H27N3O2. The number of rotatable bonds is 5. The molecule has 122 valence electrons. The molecule has 0 radical (unpaired) electrons. The molecule has 5 nitrogen and oxygen atoms in total. The molecular weight excluding hydrogens is 278 g/mol. The van der Waals surface area contributed by atoms with E-state index in [2.05, 4.69) is 16.0 Å². The van der Waals surface area contributed by atoms with Crippen LogP contribution in [0.25, 0.3) is 0 Å². The lowest BCUT2D eigenvalue weighted by Gasteiger charge is -2.20. The number of ether oxygens (including phenoxy) is 1. The van der Waals surface area contributed by atoms with Gasteiger partial charge in [0.25, 0.3) is 0 Å².